The van der Waals surface area contributed by atoms with Gasteiger partial charge in [0.05, 0.1) is 28.5 Å². The third kappa shape index (κ3) is 5.66. The molecule has 7 heteroatoms. The number of esters is 1. The van der Waals surface area contributed by atoms with E-state index in [2.05, 4.69) is 5.32 Å². The maximum atomic E-state index is 12.1. The van der Waals surface area contributed by atoms with Crippen molar-refractivity contribution in [2.24, 2.45) is 0 Å². The molecule has 0 aliphatic carbocycles. The molecule has 132 valence electrons. The van der Waals surface area contributed by atoms with Crippen molar-refractivity contribution >= 4 is 52.5 Å². The molecule has 0 saturated heterocycles. The molecule has 25 heavy (non-hydrogen) atoms. The van der Waals surface area contributed by atoms with E-state index in [9.17, 15) is 9.59 Å². The molecule has 1 amide bonds. The Balaban J connectivity index is 1.91. The molecule has 4 nitrogen and oxygen atoms in total. The van der Waals surface area contributed by atoms with Gasteiger partial charge < -0.3 is 10.1 Å². The second-order valence-electron chi connectivity index (χ2n) is 5.31. The van der Waals surface area contributed by atoms with Gasteiger partial charge in [-0.2, -0.15) is 0 Å². The highest BCUT2D eigenvalue weighted by Crippen LogP contribution is 2.25. The van der Waals surface area contributed by atoms with Crippen LogP contribution in [0.25, 0.3) is 0 Å². The van der Waals surface area contributed by atoms with E-state index in [1.54, 1.807) is 30.3 Å². The molecule has 0 aromatic heterocycles. The predicted octanol–water partition coefficient (Wildman–Crippen LogP) is 4.96. The number of aryl methyl sites for hydroxylation is 1. The topological polar surface area (TPSA) is 55.4 Å². The fourth-order valence-corrected chi connectivity index (χ4v) is 3.17. The first-order valence-electron chi connectivity index (χ1n) is 7.41. The largest absolute Gasteiger partial charge is 0.465 e. The monoisotopic (exact) mass is 397 g/mol. The van der Waals surface area contributed by atoms with Gasteiger partial charge in [0, 0.05) is 11.4 Å². The van der Waals surface area contributed by atoms with E-state index < -0.39 is 5.97 Å². The summed E-state index contributed by atoms with van der Waals surface area (Å²) in [5.41, 5.74) is 2.86. The smallest absolute Gasteiger partial charge is 0.337 e. The molecule has 0 bridgehead atoms. The third-order valence-corrected chi connectivity index (χ3v) is 5.16. The van der Waals surface area contributed by atoms with Gasteiger partial charge in [-0.15, -0.1) is 11.8 Å². The van der Waals surface area contributed by atoms with Crippen LogP contribution in [0.4, 0.5) is 5.69 Å². The molecule has 1 N–H and O–H groups in total. The second kappa shape index (κ2) is 9.13. The van der Waals surface area contributed by atoms with Crippen LogP contribution in [0.2, 0.25) is 10.0 Å². The number of nitrogens with one attached hydrogen (secondary N) is 1. The van der Waals surface area contributed by atoms with Crippen molar-refractivity contribution in [3.05, 3.63) is 63.1 Å². The Bertz CT molecular complexity index is 796. The van der Waals surface area contributed by atoms with E-state index in [0.29, 0.717) is 27.0 Å². The Morgan fingerprint density at radius 2 is 1.88 bits per heavy atom. The Morgan fingerprint density at radius 1 is 1.12 bits per heavy atom. The van der Waals surface area contributed by atoms with Gasteiger partial charge in [-0.25, -0.2) is 4.79 Å². The normalized spacial score (nSPS) is 10.4. The number of anilines is 1. The molecule has 0 aliphatic heterocycles. The minimum Gasteiger partial charge on any atom is -0.465 e. The fraction of sp³-hybridized carbons (Fsp3) is 0.222. The molecule has 0 spiro atoms. The fourth-order valence-electron chi connectivity index (χ4n) is 2.08. The van der Waals surface area contributed by atoms with Crippen molar-refractivity contribution in [3.8, 4) is 0 Å². The summed E-state index contributed by atoms with van der Waals surface area (Å²) in [6, 6.07) is 10.5. The summed E-state index contributed by atoms with van der Waals surface area (Å²) in [5.74, 6) is 0.341. The molecular weight excluding hydrogens is 381 g/mol. The quantitative estimate of drug-likeness (QED) is 0.699. The zero-order chi connectivity index (χ0) is 18.4. The molecular formula is C18H17Cl2NO3S. The van der Waals surface area contributed by atoms with Crippen LogP contribution in [0.3, 0.4) is 0 Å². The molecule has 0 heterocycles. The number of benzene rings is 2. The lowest BCUT2D eigenvalue weighted by Crippen LogP contribution is -2.15. The van der Waals surface area contributed by atoms with Gasteiger partial charge in [-0.1, -0.05) is 35.3 Å². The van der Waals surface area contributed by atoms with Crippen LogP contribution in [-0.2, 0) is 15.3 Å². The predicted molar refractivity (Wildman–Crippen MR) is 104 cm³/mol. The van der Waals surface area contributed by atoms with Crippen LogP contribution in [-0.4, -0.2) is 24.7 Å². The Labute approximate surface area is 160 Å². The SMILES string of the molecule is COC(=O)c1ccc(C)c(NC(=O)CSCc2ccc(Cl)c(Cl)c2)c1. The number of halogens is 2. The van der Waals surface area contributed by atoms with Crippen LogP contribution >= 0.6 is 35.0 Å². The minimum absolute atomic E-state index is 0.143. The summed E-state index contributed by atoms with van der Waals surface area (Å²) in [6.07, 6.45) is 0. The first-order valence-corrected chi connectivity index (χ1v) is 9.32. The highest BCUT2D eigenvalue weighted by Gasteiger charge is 2.10. The zero-order valence-corrected chi connectivity index (χ0v) is 16.1. The summed E-state index contributed by atoms with van der Waals surface area (Å²) >= 11 is 13.3. The van der Waals surface area contributed by atoms with Crippen molar-refractivity contribution < 1.29 is 14.3 Å². The molecule has 0 radical (unpaired) electrons. The van der Waals surface area contributed by atoms with Gasteiger partial charge in [0.25, 0.3) is 0 Å². The van der Waals surface area contributed by atoms with Gasteiger partial charge in [-0.05, 0) is 42.3 Å². The summed E-state index contributed by atoms with van der Waals surface area (Å²) in [6.45, 7) is 1.86. The van der Waals surface area contributed by atoms with Crippen molar-refractivity contribution in [2.75, 3.05) is 18.2 Å². The minimum atomic E-state index is -0.440. The number of carbonyl (C=O) groups is 2. The molecule has 2 rings (SSSR count). The molecule has 0 saturated carbocycles. The van der Waals surface area contributed by atoms with Gasteiger partial charge in [0.1, 0.15) is 0 Å². The molecule has 0 aliphatic rings. The molecule has 2 aromatic carbocycles. The first kappa shape index (κ1) is 19.6. The van der Waals surface area contributed by atoms with Gasteiger partial charge >= 0.3 is 5.97 Å². The van der Waals surface area contributed by atoms with Crippen molar-refractivity contribution in [1.29, 1.82) is 0 Å². The molecule has 0 atom stereocenters. The van der Waals surface area contributed by atoms with Crippen LogP contribution in [0.15, 0.2) is 36.4 Å². The Kier molecular flexibility index (Phi) is 7.17. The standard InChI is InChI=1S/C18H17Cl2NO3S/c1-11-3-5-13(18(23)24-2)8-16(11)21-17(22)10-25-9-12-4-6-14(19)15(20)7-12/h3-8H,9-10H2,1-2H3,(H,21,22). The van der Waals surface area contributed by atoms with E-state index in [-0.39, 0.29) is 11.7 Å². The molecule has 0 fully saturated rings. The number of rotatable bonds is 6. The summed E-state index contributed by atoms with van der Waals surface area (Å²) in [4.78, 5) is 23.7. The molecule has 0 unspecified atom stereocenters. The molecule has 2 aromatic rings. The van der Waals surface area contributed by atoms with Crippen LogP contribution in [0.1, 0.15) is 21.5 Å². The number of carbonyl (C=O) groups excluding carboxylic acids is 2. The van der Waals surface area contributed by atoms with Gasteiger partial charge in [0.15, 0.2) is 0 Å². The van der Waals surface area contributed by atoms with Crippen molar-refractivity contribution in [2.45, 2.75) is 12.7 Å². The van der Waals surface area contributed by atoms with E-state index in [1.807, 2.05) is 13.0 Å². The number of hydrogen-bond acceptors (Lipinski definition) is 4. The van der Waals surface area contributed by atoms with E-state index in [1.165, 1.54) is 18.9 Å². The third-order valence-electron chi connectivity index (χ3n) is 3.42. The Morgan fingerprint density at radius 3 is 2.56 bits per heavy atom. The highest BCUT2D eigenvalue weighted by atomic mass is 35.5. The number of ether oxygens (including phenoxy) is 1. The van der Waals surface area contributed by atoms with Crippen molar-refractivity contribution in [1.82, 2.24) is 0 Å². The summed E-state index contributed by atoms with van der Waals surface area (Å²) in [7, 11) is 1.32. The van der Waals surface area contributed by atoms with E-state index in [0.717, 1.165) is 11.1 Å². The lowest BCUT2D eigenvalue weighted by atomic mass is 10.1. The van der Waals surface area contributed by atoms with E-state index >= 15 is 0 Å². The maximum Gasteiger partial charge on any atom is 0.337 e. The average molecular weight is 398 g/mol. The second-order valence-corrected chi connectivity index (χ2v) is 7.11. The maximum absolute atomic E-state index is 12.1. The average Bonchev–Trinajstić information content (AvgIpc) is 2.59. The van der Waals surface area contributed by atoms with Crippen LogP contribution in [0, 0.1) is 6.92 Å². The lowest BCUT2D eigenvalue weighted by molar-refractivity contribution is -0.113. The zero-order valence-electron chi connectivity index (χ0n) is 13.8. The highest BCUT2D eigenvalue weighted by molar-refractivity contribution is 7.99. The Hall–Kier alpha value is -1.69. The van der Waals surface area contributed by atoms with Crippen molar-refractivity contribution in [3.63, 3.8) is 0 Å². The number of thioether (sulfide) groups is 1. The number of methoxy groups -OCH3 is 1. The summed E-state index contributed by atoms with van der Waals surface area (Å²) in [5, 5.41) is 3.83. The lowest BCUT2D eigenvalue weighted by Gasteiger charge is -2.10. The number of amides is 1. The number of hydrogen-bond donors (Lipinski definition) is 1. The first-order chi connectivity index (χ1) is 11.9. The van der Waals surface area contributed by atoms with Gasteiger partial charge in [0.2, 0.25) is 5.91 Å². The van der Waals surface area contributed by atoms with Crippen LogP contribution < -0.4 is 5.32 Å². The van der Waals surface area contributed by atoms with E-state index in [4.69, 9.17) is 27.9 Å². The summed E-state index contributed by atoms with van der Waals surface area (Å²) < 4.78 is 4.69. The van der Waals surface area contributed by atoms with Gasteiger partial charge in [-0.3, -0.25) is 4.79 Å². The van der Waals surface area contributed by atoms with Crippen LogP contribution in [0.5, 0.6) is 0 Å².